The van der Waals surface area contributed by atoms with Crippen LogP contribution in [0.4, 0.5) is 0 Å². The highest BCUT2D eigenvalue weighted by Gasteiger charge is 2.25. The fourth-order valence-electron chi connectivity index (χ4n) is 2.87. The van der Waals surface area contributed by atoms with Crippen LogP contribution in [-0.2, 0) is 0 Å². The quantitative estimate of drug-likeness (QED) is 0.890. The Kier molecular flexibility index (Phi) is 4.61. The molecule has 0 saturated carbocycles. The molecule has 2 unspecified atom stereocenters. The minimum Gasteiger partial charge on any atom is -0.497 e. The minimum atomic E-state index is 0.134. The van der Waals surface area contributed by atoms with Gasteiger partial charge in [0.25, 0.3) is 0 Å². The Morgan fingerprint density at radius 2 is 1.94 bits per heavy atom. The Morgan fingerprint density at radius 3 is 2.56 bits per heavy atom. The minimum absolute atomic E-state index is 0.134. The van der Waals surface area contributed by atoms with Crippen LogP contribution in [0.25, 0.3) is 0 Å². The van der Waals surface area contributed by atoms with E-state index in [4.69, 9.17) is 10.5 Å². The molecule has 1 saturated heterocycles. The van der Waals surface area contributed by atoms with Crippen LogP contribution >= 0.6 is 0 Å². The largest absolute Gasteiger partial charge is 0.497 e. The maximum absolute atomic E-state index is 6.21. The number of piperidine rings is 1. The first-order chi connectivity index (χ1) is 8.72. The second-order valence-corrected chi connectivity index (χ2v) is 5.18. The number of nitrogens with two attached hydrogens (primary N) is 1. The van der Waals surface area contributed by atoms with Crippen LogP contribution in [-0.4, -0.2) is 31.1 Å². The maximum Gasteiger partial charge on any atom is 0.119 e. The Hall–Kier alpha value is -1.06. The Morgan fingerprint density at radius 1 is 1.22 bits per heavy atom. The van der Waals surface area contributed by atoms with Gasteiger partial charge in [0.05, 0.1) is 7.11 Å². The molecule has 1 aromatic rings. The Balaban J connectivity index is 2.22. The van der Waals surface area contributed by atoms with Gasteiger partial charge in [-0.05, 0) is 50.6 Å². The lowest BCUT2D eigenvalue weighted by Crippen LogP contribution is -2.42. The molecule has 0 radical (unpaired) electrons. The fraction of sp³-hybridized carbons (Fsp3) is 0.600. The number of hydrogen-bond acceptors (Lipinski definition) is 3. The van der Waals surface area contributed by atoms with E-state index >= 15 is 0 Å². The van der Waals surface area contributed by atoms with E-state index in [9.17, 15) is 0 Å². The van der Waals surface area contributed by atoms with Gasteiger partial charge in [0.15, 0.2) is 0 Å². The van der Waals surface area contributed by atoms with Gasteiger partial charge >= 0.3 is 0 Å². The number of ether oxygens (including phenoxy) is 1. The third-order valence-corrected chi connectivity index (χ3v) is 3.72. The summed E-state index contributed by atoms with van der Waals surface area (Å²) in [6, 6.07) is 8.75. The molecule has 0 aliphatic carbocycles. The predicted octanol–water partition coefficient (Wildman–Crippen LogP) is 2.57. The second kappa shape index (κ2) is 6.21. The summed E-state index contributed by atoms with van der Waals surface area (Å²) in [6.07, 6.45) is 3.92. The molecule has 3 nitrogen and oxygen atoms in total. The van der Waals surface area contributed by atoms with Gasteiger partial charge in [-0.2, -0.15) is 0 Å². The van der Waals surface area contributed by atoms with Crippen LogP contribution in [0.1, 0.15) is 37.8 Å². The molecule has 1 heterocycles. The van der Waals surface area contributed by atoms with Crippen molar-refractivity contribution in [2.75, 3.05) is 20.2 Å². The first-order valence-electron chi connectivity index (χ1n) is 6.86. The van der Waals surface area contributed by atoms with E-state index in [0.717, 1.165) is 18.8 Å². The van der Waals surface area contributed by atoms with Crippen LogP contribution in [0.5, 0.6) is 5.75 Å². The first kappa shape index (κ1) is 13.4. The lowest BCUT2D eigenvalue weighted by molar-refractivity contribution is 0.146. The van der Waals surface area contributed by atoms with E-state index in [2.05, 4.69) is 24.0 Å². The molecule has 0 spiro atoms. The van der Waals surface area contributed by atoms with Crippen molar-refractivity contribution in [3.63, 3.8) is 0 Å². The van der Waals surface area contributed by atoms with Gasteiger partial charge in [-0.25, -0.2) is 0 Å². The van der Waals surface area contributed by atoms with E-state index in [-0.39, 0.29) is 6.04 Å². The molecule has 100 valence electrons. The van der Waals surface area contributed by atoms with Gasteiger partial charge < -0.3 is 10.5 Å². The molecular weight excluding hydrogens is 224 g/mol. The van der Waals surface area contributed by atoms with Crippen molar-refractivity contribution in [3.05, 3.63) is 29.8 Å². The molecular formula is C15H24N2O. The molecule has 3 heteroatoms. The Bertz CT molecular complexity index is 373. The van der Waals surface area contributed by atoms with E-state index in [1.807, 2.05) is 12.1 Å². The zero-order chi connectivity index (χ0) is 13.0. The molecule has 0 amide bonds. The van der Waals surface area contributed by atoms with Crippen molar-refractivity contribution in [2.45, 2.75) is 38.3 Å². The summed E-state index contributed by atoms with van der Waals surface area (Å²) in [5.74, 6) is 0.912. The fourth-order valence-corrected chi connectivity index (χ4v) is 2.87. The molecule has 1 aromatic carbocycles. The summed E-state index contributed by atoms with van der Waals surface area (Å²) < 4.78 is 5.31. The number of hydrogen-bond donors (Lipinski definition) is 1. The highest BCUT2D eigenvalue weighted by atomic mass is 16.5. The zero-order valence-corrected chi connectivity index (χ0v) is 11.4. The number of nitrogens with zero attached hydrogens (tertiary/aromatic N) is 1. The monoisotopic (exact) mass is 248 g/mol. The lowest BCUT2D eigenvalue weighted by atomic mass is 9.96. The van der Waals surface area contributed by atoms with Crippen LogP contribution in [0.3, 0.4) is 0 Å². The van der Waals surface area contributed by atoms with E-state index in [1.54, 1.807) is 7.11 Å². The molecule has 18 heavy (non-hydrogen) atoms. The highest BCUT2D eigenvalue weighted by Crippen LogP contribution is 2.28. The first-order valence-corrected chi connectivity index (χ1v) is 6.86. The van der Waals surface area contributed by atoms with Crippen LogP contribution < -0.4 is 10.5 Å². The average molecular weight is 248 g/mol. The SMILES string of the molecule is COc1cccc(C(C(C)N)N2CCCCC2)c1. The van der Waals surface area contributed by atoms with Gasteiger partial charge in [0.1, 0.15) is 5.75 Å². The molecule has 1 aliphatic heterocycles. The third kappa shape index (κ3) is 3.03. The van der Waals surface area contributed by atoms with Crippen molar-refractivity contribution in [2.24, 2.45) is 5.73 Å². The number of benzene rings is 1. The molecule has 1 aliphatic rings. The standard InChI is InChI=1S/C15H24N2O/c1-12(16)15(17-9-4-3-5-10-17)13-7-6-8-14(11-13)18-2/h6-8,11-12,15H,3-5,9-10,16H2,1-2H3. The van der Waals surface area contributed by atoms with Gasteiger partial charge in [0, 0.05) is 12.1 Å². The van der Waals surface area contributed by atoms with E-state index < -0.39 is 0 Å². The predicted molar refractivity (Wildman–Crippen MR) is 74.8 cm³/mol. The summed E-state index contributed by atoms with van der Waals surface area (Å²) in [6.45, 7) is 4.41. The Labute approximate surface area is 110 Å². The van der Waals surface area contributed by atoms with E-state index in [0.29, 0.717) is 6.04 Å². The van der Waals surface area contributed by atoms with Crippen molar-refractivity contribution in [1.29, 1.82) is 0 Å². The molecule has 2 atom stereocenters. The molecule has 0 bridgehead atoms. The summed E-state index contributed by atoms with van der Waals surface area (Å²) in [7, 11) is 1.71. The van der Waals surface area contributed by atoms with Crippen molar-refractivity contribution < 1.29 is 4.74 Å². The van der Waals surface area contributed by atoms with Crippen LogP contribution in [0, 0.1) is 0 Å². The molecule has 2 rings (SSSR count). The highest BCUT2D eigenvalue weighted by molar-refractivity contribution is 5.31. The van der Waals surface area contributed by atoms with Crippen molar-refractivity contribution in [1.82, 2.24) is 4.90 Å². The van der Waals surface area contributed by atoms with Crippen molar-refractivity contribution >= 4 is 0 Å². The molecule has 2 N–H and O–H groups in total. The second-order valence-electron chi connectivity index (χ2n) is 5.18. The van der Waals surface area contributed by atoms with Gasteiger partial charge in [-0.1, -0.05) is 18.6 Å². The van der Waals surface area contributed by atoms with E-state index in [1.165, 1.54) is 24.8 Å². The summed E-state index contributed by atoms with van der Waals surface area (Å²) in [5.41, 5.74) is 7.48. The summed E-state index contributed by atoms with van der Waals surface area (Å²) >= 11 is 0. The normalized spacial score (nSPS) is 20.4. The van der Waals surface area contributed by atoms with Crippen LogP contribution in [0.15, 0.2) is 24.3 Å². The molecule has 1 fully saturated rings. The number of methoxy groups -OCH3 is 1. The van der Waals surface area contributed by atoms with Gasteiger partial charge in [0.2, 0.25) is 0 Å². The topological polar surface area (TPSA) is 38.5 Å². The number of rotatable bonds is 4. The smallest absolute Gasteiger partial charge is 0.119 e. The zero-order valence-electron chi connectivity index (χ0n) is 11.4. The summed E-state index contributed by atoms with van der Waals surface area (Å²) in [5, 5.41) is 0. The maximum atomic E-state index is 6.21. The van der Waals surface area contributed by atoms with Crippen molar-refractivity contribution in [3.8, 4) is 5.75 Å². The molecule has 0 aromatic heterocycles. The van der Waals surface area contributed by atoms with Crippen LogP contribution in [0.2, 0.25) is 0 Å². The van der Waals surface area contributed by atoms with Gasteiger partial charge in [-0.3, -0.25) is 4.90 Å². The average Bonchev–Trinajstić information content (AvgIpc) is 2.40. The summed E-state index contributed by atoms with van der Waals surface area (Å²) in [4.78, 5) is 2.52. The third-order valence-electron chi connectivity index (χ3n) is 3.72. The van der Waals surface area contributed by atoms with Gasteiger partial charge in [-0.15, -0.1) is 0 Å². The lowest BCUT2D eigenvalue weighted by Gasteiger charge is -2.37. The number of likely N-dealkylation sites (tertiary alicyclic amines) is 1.